The van der Waals surface area contributed by atoms with Gasteiger partial charge in [0.25, 0.3) is 0 Å². The molecular formula is C14H23N5O. The highest BCUT2D eigenvalue weighted by atomic mass is 16.2. The summed E-state index contributed by atoms with van der Waals surface area (Å²) in [5, 5.41) is 3.05. The maximum Gasteiger partial charge on any atom is 0.234 e. The highest BCUT2D eigenvalue weighted by molar-refractivity contribution is 5.78. The van der Waals surface area contributed by atoms with E-state index in [2.05, 4.69) is 24.7 Å². The Morgan fingerprint density at radius 1 is 1.30 bits per heavy atom. The van der Waals surface area contributed by atoms with E-state index in [-0.39, 0.29) is 5.91 Å². The molecule has 1 saturated carbocycles. The van der Waals surface area contributed by atoms with Gasteiger partial charge in [-0.1, -0.05) is 0 Å². The zero-order valence-corrected chi connectivity index (χ0v) is 12.1. The standard InChI is InChI=1S/C14H23N5O/c1-17-5-4-15-13(17)10-18-6-8-19(9-7-18)11-14(20)16-12-2-3-12/h4-5,12H,2-3,6-11H2,1H3,(H,16,20). The number of carbonyl (C=O) groups is 1. The van der Waals surface area contributed by atoms with Crippen LogP contribution in [-0.2, 0) is 18.4 Å². The molecule has 0 spiro atoms. The molecule has 1 aromatic heterocycles. The molecule has 0 bridgehead atoms. The molecule has 6 heteroatoms. The molecule has 2 heterocycles. The van der Waals surface area contributed by atoms with E-state index in [1.54, 1.807) is 0 Å². The number of nitrogens with zero attached hydrogens (tertiary/aromatic N) is 4. The van der Waals surface area contributed by atoms with Crippen molar-refractivity contribution in [1.29, 1.82) is 0 Å². The first-order valence-electron chi connectivity index (χ1n) is 7.41. The molecule has 110 valence electrons. The number of aryl methyl sites for hydroxylation is 1. The van der Waals surface area contributed by atoms with Crippen molar-refractivity contribution in [3.8, 4) is 0 Å². The quantitative estimate of drug-likeness (QED) is 0.811. The minimum Gasteiger partial charge on any atom is -0.352 e. The number of piperazine rings is 1. The van der Waals surface area contributed by atoms with E-state index in [0.29, 0.717) is 12.6 Å². The summed E-state index contributed by atoms with van der Waals surface area (Å²) in [6, 6.07) is 0.465. The van der Waals surface area contributed by atoms with Crippen LogP contribution in [0.5, 0.6) is 0 Å². The van der Waals surface area contributed by atoms with Crippen LogP contribution in [-0.4, -0.2) is 64.0 Å². The third-order valence-electron chi connectivity index (χ3n) is 4.06. The Morgan fingerprint density at radius 2 is 2.00 bits per heavy atom. The molecule has 2 fully saturated rings. The van der Waals surface area contributed by atoms with E-state index >= 15 is 0 Å². The van der Waals surface area contributed by atoms with Gasteiger partial charge in [-0.15, -0.1) is 0 Å². The lowest BCUT2D eigenvalue weighted by Crippen LogP contribution is -2.49. The first kappa shape index (κ1) is 13.6. The molecule has 0 unspecified atom stereocenters. The van der Waals surface area contributed by atoms with Crippen molar-refractivity contribution in [1.82, 2.24) is 24.7 Å². The molecule has 0 radical (unpaired) electrons. The van der Waals surface area contributed by atoms with Gasteiger partial charge in [0.05, 0.1) is 13.1 Å². The van der Waals surface area contributed by atoms with Gasteiger partial charge in [-0.25, -0.2) is 4.98 Å². The summed E-state index contributed by atoms with van der Waals surface area (Å²) >= 11 is 0. The Hall–Kier alpha value is -1.40. The van der Waals surface area contributed by atoms with Crippen LogP contribution in [0.1, 0.15) is 18.7 Å². The van der Waals surface area contributed by atoms with Crippen molar-refractivity contribution < 1.29 is 4.79 Å². The van der Waals surface area contributed by atoms with Crippen LogP contribution < -0.4 is 5.32 Å². The van der Waals surface area contributed by atoms with E-state index in [0.717, 1.165) is 51.4 Å². The number of hydrogen-bond acceptors (Lipinski definition) is 4. The third kappa shape index (κ3) is 3.58. The van der Waals surface area contributed by atoms with E-state index in [4.69, 9.17) is 0 Å². The molecule has 1 aliphatic heterocycles. The molecule has 20 heavy (non-hydrogen) atoms. The van der Waals surface area contributed by atoms with Gasteiger partial charge < -0.3 is 9.88 Å². The molecule has 0 atom stereocenters. The number of nitrogens with one attached hydrogen (secondary N) is 1. The van der Waals surface area contributed by atoms with Gasteiger partial charge in [-0.3, -0.25) is 14.6 Å². The van der Waals surface area contributed by atoms with Crippen LogP contribution in [0.3, 0.4) is 0 Å². The zero-order valence-electron chi connectivity index (χ0n) is 12.1. The summed E-state index contributed by atoms with van der Waals surface area (Å²) in [5.74, 6) is 1.29. The molecule has 3 rings (SSSR count). The van der Waals surface area contributed by atoms with Gasteiger partial charge in [-0.05, 0) is 12.8 Å². The molecule has 1 aromatic rings. The van der Waals surface area contributed by atoms with Crippen molar-refractivity contribution in [2.45, 2.75) is 25.4 Å². The van der Waals surface area contributed by atoms with Crippen LogP contribution in [0.4, 0.5) is 0 Å². The first-order chi connectivity index (χ1) is 9.70. The fourth-order valence-corrected chi connectivity index (χ4v) is 2.56. The minimum absolute atomic E-state index is 0.185. The highest BCUT2D eigenvalue weighted by Crippen LogP contribution is 2.18. The molecule has 1 N–H and O–H groups in total. The van der Waals surface area contributed by atoms with E-state index in [1.807, 2.05) is 19.4 Å². The van der Waals surface area contributed by atoms with E-state index < -0.39 is 0 Å². The maximum absolute atomic E-state index is 11.8. The van der Waals surface area contributed by atoms with Crippen LogP contribution in [0.2, 0.25) is 0 Å². The van der Waals surface area contributed by atoms with Crippen molar-refractivity contribution in [3.63, 3.8) is 0 Å². The maximum atomic E-state index is 11.8. The largest absolute Gasteiger partial charge is 0.352 e. The second-order valence-corrected chi connectivity index (χ2v) is 5.85. The number of imidazole rings is 1. The fraction of sp³-hybridized carbons (Fsp3) is 0.714. The number of hydrogen-bond donors (Lipinski definition) is 1. The number of carbonyl (C=O) groups excluding carboxylic acids is 1. The Kier molecular flexibility index (Phi) is 4.03. The van der Waals surface area contributed by atoms with Crippen molar-refractivity contribution in [3.05, 3.63) is 18.2 Å². The van der Waals surface area contributed by atoms with Gasteiger partial charge in [-0.2, -0.15) is 0 Å². The predicted molar refractivity (Wildman–Crippen MR) is 76.1 cm³/mol. The van der Waals surface area contributed by atoms with Gasteiger partial charge in [0.2, 0.25) is 5.91 Å². The lowest BCUT2D eigenvalue weighted by atomic mass is 10.3. The average Bonchev–Trinajstić information content (AvgIpc) is 3.15. The smallest absolute Gasteiger partial charge is 0.234 e. The van der Waals surface area contributed by atoms with Gasteiger partial charge in [0.15, 0.2) is 0 Å². The van der Waals surface area contributed by atoms with Crippen LogP contribution in [0, 0.1) is 0 Å². The second-order valence-electron chi connectivity index (χ2n) is 5.85. The summed E-state index contributed by atoms with van der Waals surface area (Å²) in [6.45, 7) is 5.37. The fourth-order valence-electron chi connectivity index (χ4n) is 2.56. The van der Waals surface area contributed by atoms with E-state index in [1.165, 1.54) is 0 Å². The second kappa shape index (κ2) is 5.93. The summed E-state index contributed by atoms with van der Waals surface area (Å²) < 4.78 is 2.06. The lowest BCUT2D eigenvalue weighted by Gasteiger charge is -2.34. The molecule has 0 aromatic carbocycles. The SMILES string of the molecule is Cn1ccnc1CN1CCN(CC(=O)NC2CC2)CC1. The number of rotatable bonds is 5. The summed E-state index contributed by atoms with van der Waals surface area (Å²) in [4.78, 5) is 20.8. The molecule has 2 aliphatic rings. The zero-order chi connectivity index (χ0) is 13.9. The molecule has 1 aliphatic carbocycles. The monoisotopic (exact) mass is 277 g/mol. The van der Waals surface area contributed by atoms with Crippen molar-refractivity contribution in [2.24, 2.45) is 7.05 Å². The molecule has 6 nitrogen and oxygen atoms in total. The predicted octanol–water partition coefficient (Wildman–Crippen LogP) is -0.184. The number of aromatic nitrogens is 2. The number of amides is 1. The van der Waals surface area contributed by atoms with Gasteiger partial charge in [0.1, 0.15) is 5.82 Å². The first-order valence-corrected chi connectivity index (χ1v) is 7.41. The summed E-state index contributed by atoms with van der Waals surface area (Å²) in [5.41, 5.74) is 0. The molecular weight excluding hydrogens is 254 g/mol. The van der Waals surface area contributed by atoms with Crippen LogP contribution >= 0.6 is 0 Å². The average molecular weight is 277 g/mol. The Bertz CT molecular complexity index is 460. The highest BCUT2D eigenvalue weighted by Gasteiger charge is 2.25. The van der Waals surface area contributed by atoms with E-state index in [9.17, 15) is 4.79 Å². The van der Waals surface area contributed by atoms with Gasteiger partial charge >= 0.3 is 0 Å². The Morgan fingerprint density at radius 3 is 2.60 bits per heavy atom. The minimum atomic E-state index is 0.185. The summed E-state index contributed by atoms with van der Waals surface area (Å²) in [6.07, 6.45) is 6.13. The lowest BCUT2D eigenvalue weighted by molar-refractivity contribution is -0.122. The third-order valence-corrected chi connectivity index (χ3v) is 4.06. The molecule has 1 amide bonds. The summed E-state index contributed by atoms with van der Waals surface area (Å²) in [7, 11) is 2.03. The van der Waals surface area contributed by atoms with Crippen molar-refractivity contribution in [2.75, 3.05) is 32.7 Å². The molecule has 1 saturated heterocycles. The van der Waals surface area contributed by atoms with Crippen LogP contribution in [0.15, 0.2) is 12.4 Å². The topological polar surface area (TPSA) is 53.4 Å². The van der Waals surface area contributed by atoms with Gasteiger partial charge in [0, 0.05) is 51.7 Å². The Labute approximate surface area is 119 Å². The normalized spacial score (nSPS) is 21.1. The van der Waals surface area contributed by atoms with Crippen molar-refractivity contribution >= 4 is 5.91 Å². The van der Waals surface area contributed by atoms with Crippen LogP contribution in [0.25, 0.3) is 0 Å². The Balaban J connectivity index is 1.40.